The molecule has 0 spiro atoms. The van der Waals surface area contributed by atoms with Crippen molar-refractivity contribution in [3.05, 3.63) is 11.6 Å². The molecule has 1 atom stereocenters. The molecule has 0 bridgehead atoms. The van der Waals surface area contributed by atoms with E-state index >= 15 is 0 Å². The van der Waals surface area contributed by atoms with Crippen LogP contribution in [0.15, 0.2) is 11.6 Å². The van der Waals surface area contributed by atoms with Crippen molar-refractivity contribution in [1.82, 2.24) is 5.32 Å². The normalized spacial score (nSPS) is 14.6. The molecule has 2 N–H and O–H groups in total. The third-order valence-corrected chi connectivity index (χ3v) is 1.61. The number of carboxylic acid groups (broad SMARTS) is 1. The summed E-state index contributed by atoms with van der Waals surface area (Å²) < 4.78 is 0. The van der Waals surface area contributed by atoms with Gasteiger partial charge >= 0.3 is 5.97 Å². The highest BCUT2D eigenvalue weighted by Gasteiger charge is 2.00. The van der Waals surface area contributed by atoms with Crippen LogP contribution in [0.1, 0.15) is 20.3 Å². The van der Waals surface area contributed by atoms with Crippen LogP contribution in [0, 0.1) is 0 Å². The number of carboxylic acids is 1. The van der Waals surface area contributed by atoms with Crippen molar-refractivity contribution < 1.29 is 9.90 Å². The van der Waals surface area contributed by atoms with E-state index in [1.807, 2.05) is 14.0 Å². The van der Waals surface area contributed by atoms with Crippen molar-refractivity contribution in [1.29, 1.82) is 0 Å². The van der Waals surface area contributed by atoms with E-state index in [-0.39, 0.29) is 0 Å². The van der Waals surface area contributed by atoms with Crippen LogP contribution in [0.5, 0.6) is 0 Å². The van der Waals surface area contributed by atoms with Gasteiger partial charge in [-0.15, -0.1) is 0 Å². The van der Waals surface area contributed by atoms with Crippen LogP contribution < -0.4 is 5.32 Å². The summed E-state index contributed by atoms with van der Waals surface area (Å²) in [4.78, 5) is 10.3. The lowest BCUT2D eigenvalue weighted by Crippen LogP contribution is -2.20. The Labute approximate surface area is 67.1 Å². The Balaban J connectivity index is 3.82. The summed E-state index contributed by atoms with van der Waals surface area (Å²) in [5.74, 6) is -0.840. The molecule has 0 saturated carbocycles. The number of hydrogen-bond donors (Lipinski definition) is 2. The standard InChI is InChI=1S/C8H15NO2/c1-6(8(10)11)4-5-7(2)9-3/h4,7,9H,5H2,1-3H3,(H,10,11). The second-order valence-electron chi connectivity index (χ2n) is 2.62. The molecule has 3 heteroatoms. The number of carbonyl (C=O) groups is 1. The molecule has 0 fully saturated rings. The van der Waals surface area contributed by atoms with Crippen molar-refractivity contribution in [2.45, 2.75) is 26.3 Å². The fourth-order valence-corrected chi connectivity index (χ4v) is 0.559. The molecular weight excluding hydrogens is 142 g/mol. The first-order valence-electron chi connectivity index (χ1n) is 3.65. The predicted octanol–water partition coefficient (Wildman–Crippen LogP) is 1.02. The SMILES string of the molecule is CNC(C)CC=C(C)C(=O)O. The van der Waals surface area contributed by atoms with E-state index in [1.54, 1.807) is 13.0 Å². The lowest BCUT2D eigenvalue weighted by molar-refractivity contribution is -0.132. The zero-order valence-electron chi connectivity index (χ0n) is 7.22. The van der Waals surface area contributed by atoms with Gasteiger partial charge in [-0.3, -0.25) is 0 Å². The van der Waals surface area contributed by atoms with Crippen molar-refractivity contribution in [3.63, 3.8) is 0 Å². The average molecular weight is 157 g/mol. The first-order valence-corrected chi connectivity index (χ1v) is 3.65. The van der Waals surface area contributed by atoms with Crippen LogP contribution in [0.25, 0.3) is 0 Å². The molecule has 0 aromatic rings. The van der Waals surface area contributed by atoms with E-state index in [0.29, 0.717) is 11.6 Å². The second-order valence-corrected chi connectivity index (χ2v) is 2.62. The van der Waals surface area contributed by atoms with Gasteiger partial charge in [0, 0.05) is 11.6 Å². The molecule has 0 aliphatic rings. The molecule has 0 radical (unpaired) electrons. The lowest BCUT2D eigenvalue weighted by Gasteiger charge is -2.05. The minimum atomic E-state index is -0.840. The lowest BCUT2D eigenvalue weighted by atomic mass is 10.2. The Morgan fingerprint density at radius 2 is 2.27 bits per heavy atom. The van der Waals surface area contributed by atoms with Crippen LogP contribution in [0.4, 0.5) is 0 Å². The Morgan fingerprint density at radius 3 is 2.64 bits per heavy atom. The van der Waals surface area contributed by atoms with Crippen molar-refractivity contribution in [3.8, 4) is 0 Å². The van der Waals surface area contributed by atoms with Crippen LogP contribution in [-0.2, 0) is 4.79 Å². The first-order chi connectivity index (χ1) is 5.07. The molecule has 0 rings (SSSR count). The Kier molecular flexibility index (Phi) is 4.54. The summed E-state index contributed by atoms with van der Waals surface area (Å²) in [7, 11) is 1.86. The largest absolute Gasteiger partial charge is 0.478 e. The molecule has 0 amide bonds. The third kappa shape index (κ3) is 4.56. The molecule has 1 unspecified atom stereocenters. The fourth-order valence-electron chi connectivity index (χ4n) is 0.559. The maximum atomic E-state index is 10.3. The molecule has 3 nitrogen and oxygen atoms in total. The highest BCUT2D eigenvalue weighted by molar-refractivity contribution is 5.85. The van der Waals surface area contributed by atoms with Gasteiger partial charge in [-0.25, -0.2) is 4.79 Å². The van der Waals surface area contributed by atoms with Gasteiger partial charge in [0.15, 0.2) is 0 Å². The molecule has 0 aliphatic carbocycles. The predicted molar refractivity (Wildman–Crippen MR) is 44.5 cm³/mol. The van der Waals surface area contributed by atoms with E-state index in [4.69, 9.17) is 5.11 Å². The fraction of sp³-hybridized carbons (Fsp3) is 0.625. The molecule has 0 aliphatic heterocycles. The van der Waals surface area contributed by atoms with Crippen LogP contribution >= 0.6 is 0 Å². The van der Waals surface area contributed by atoms with Crippen molar-refractivity contribution >= 4 is 5.97 Å². The van der Waals surface area contributed by atoms with E-state index in [0.717, 1.165) is 6.42 Å². The van der Waals surface area contributed by atoms with Gasteiger partial charge in [0.05, 0.1) is 0 Å². The maximum Gasteiger partial charge on any atom is 0.330 e. The summed E-state index contributed by atoms with van der Waals surface area (Å²) in [5, 5.41) is 11.5. The summed E-state index contributed by atoms with van der Waals surface area (Å²) >= 11 is 0. The van der Waals surface area contributed by atoms with E-state index in [2.05, 4.69) is 5.32 Å². The third-order valence-electron chi connectivity index (χ3n) is 1.61. The molecular formula is C8H15NO2. The molecule has 11 heavy (non-hydrogen) atoms. The number of nitrogens with one attached hydrogen (secondary N) is 1. The summed E-state index contributed by atoms with van der Waals surface area (Å²) in [6, 6.07) is 0.337. The van der Waals surface area contributed by atoms with Crippen LogP contribution in [-0.4, -0.2) is 24.2 Å². The Bertz CT molecular complexity index is 163. The summed E-state index contributed by atoms with van der Waals surface area (Å²) in [6.45, 7) is 3.61. The highest BCUT2D eigenvalue weighted by atomic mass is 16.4. The number of rotatable bonds is 4. The summed E-state index contributed by atoms with van der Waals surface area (Å²) in [6.07, 6.45) is 2.48. The second kappa shape index (κ2) is 4.91. The molecule has 0 saturated heterocycles. The molecule has 0 heterocycles. The van der Waals surface area contributed by atoms with Gasteiger partial charge in [-0.05, 0) is 27.3 Å². The average Bonchev–Trinajstić information content (AvgIpc) is 1.99. The summed E-state index contributed by atoms with van der Waals surface area (Å²) in [5.41, 5.74) is 0.409. The quantitative estimate of drug-likeness (QED) is 0.599. The van der Waals surface area contributed by atoms with Crippen molar-refractivity contribution in [2.75, 3.05) is 7.05 Å². The van der Waals surface area contributed by atoms with Gasteiger partial charge in [-0.1, -0.05) is 6.08 Å². The van der Waals surface area contributed by atoms with Crippen molar-refractivity contribution in [2.24, 2.45) is 0 Å². The highest BCUT2D eigenvalue weighted by Crippen LogP contribution is 1.98. The number of hydrogen-bond acceptors (Lipinski definition) is 2. The van der Waals surface area contributed by atoms with E-state index in [1.165, 1.54) is 0 Å². The van der Waals surface area contributed by atoms with E-state index in [9.17, 15) is 4.79 Å². The minimum absolute atomic E-state index is 0.337. The van der Waals surface area contributed by atoms with E-state index < -0.39 is 5.97 Å². The zero-order valence-corrected chi connectivity index (χ0v) is 7.22. The minimum Gasteiger partial charge on any atom is -0.478 e. The van der Waals surface area contributed by atoms with Gasteiger partial charge < -0.3 is 10.4 Å². The Morgan fingerprint density at radius 1 is 1.73 bits per heavy atom. The van der Waals surface area contributed by atoms with Gasteiger partial charge in [0.1, 0.15) is 0 Å². The van der Waals surface area contributed by atoms with Gasteiger partial charge in [0.25, 0.3) is 0 Å². The Hall–Kier alpha value is -0.830. The molecule has 0 aromatic heterocycles. The topological polar surface area (TPSA) is 49.3 Å². The smallest absolute Gasteiger partial charge is 0.330 e. The molecule has 64 valence electrons. The number of aliphatic carboxylic acids is 1. The zero-order chi connectivity index (χ0) is 8.85. The molecule has 0 aromatic carbocycles. The van der Waals surface area contributed by atoms with Gasteiger partial charge in [-0.2, -0.15) is 0 Å². The monoisotopic (exact) mass is 157 g/mol. The van der Waals surface area contributed by atoms with Crippen LogP contribution in [0.2, 0.25) is 0 Å². The maximum absolute atomic E-state index is 10.3. The first kappa shape index (κ1) is 10.2. The van der Waals surface area contributed by atoms with Crippen LogP contribution in [0.3, 0.4) is 0 Å². The van der Waals surface area contributed by atoms with Gasteiger partial charge in [0.2, 0.25) is 0 Å².